The van der Waals surface area contributed by atoms with Gasteiger partial charge in [-0.3, -0.25) is 4.79 Å². The maximum atomic E-state index is 12.7. The number of nitrogens with one attached hydrogen (secondary N) is 1. The van der Waals surface area contributed by atoms with Gasteiger partial charge in [-0.05, 0) is 24.3 Å². The lowest BCUT2D eigenvalue weighted by molar-refractivity contribution is -0.152. The molecule has 6 N–H and O–H groups in total. The number of halogens is 3. The lowest BCUT2D eigenvalue weighted by Gasteiger charge is -2.19. The fourth-order valence-corrected chi connectivity index (χ4v) is 1.43. The van der Waals surface area contributed by atoms with Crippen molar-refractivity contribution >= 4 is 17.4 Å². The predicted molar refractivity (Wildman–Crippen MR) is 66.4 cm³/mol. The largest absolute Gasteiger partial charge is 0.409 e. The van der Waals surface area contributed by atoms with E-state index < -0.39 is 30.4 Å². The zero-order valence-electron chi connectivity index (χ0n) is 10.2. The third-order valence-electron chi connectivity index (χ3n) is 2.55. The number of benzene rings is 1. The van der Waals surface area contributed by atoms with Crippen LogP contribution in [0.5, 0.6) is 0 Å². The van der Waals surface area contributed by atoms with Crippen molar-refractivity contribution in [2.75, 3.05) is 11.9 Å². The summed E-state index contributed by atoms with van der Waals surface area (Å²) >= 11 is 0. The number of hydrogen-bond acceptors (Lipinski definition) is 4. The number of oxime groups is 1. The Labute approximate surface area is 112 Å². The van der Waals surface area contributed by atoms with Crippen molar-refractivity contribution in [1.29, 1.82) is 0 Å². The molecule has 20 heavy (non-hydrogen) atoms. The maximum Gasteiger partial charge on any atom is 0.400 e. The van der Waals surface area contributed by atoms with Crippen molar-refractivity contribution in [3.63, 3.8) is 0 Å². The Kier molecular flexibility index (Phi) is 4.78. The van der Waals surface area contributed by atoms with E-state index in [1.54, 1.807) is 0 Å². The molecular weight excluding hydrogens is 277 g/mol. The first-order valence-electron chi connectivity index (χ1n) is 5.43. The summed E-state index contributed by atoms with van der Waals surface area (Å²) in [5.74, 6) is -3.69. The molecule has 0 aromatic heterocycles. The molecule has 0 bridgehead atoms. The van der Waals surface area contributed by atoms with Crippen LogP contribution in [-0.4, -0.2) is 29.7 Å². The van der Waals surface area contributed by atoms with Crippen LogP contribution in [0.4, 0.5) is 18.9 Å². The minimum absolute atomic E-state index is 0.236. The fourth-order valence-electron chi connectivity index (χ4n) is 1.43. The van der Waals surface area contributed by atoms with Gasteiger partial charge < -0.3 is 22.0 Å². The third-order valence-corrected chi connectivity index (χ3v) is 2.55. The summed E-state index contributed by atoms with van der Waals surface area (Å²) in [6.07, 6.45) is -4.64. The molecule has 1 aromatic carbocycles. The van der Waals surface area contributed by atoms with E-state index in [4.69, 9.17) is 16.7 Å². The highest BCUT2D eigenvalue weighted by Gasteiger charge is 2.42. The molecule has 1 aromatic rings. The molecule has 1 rings (SSSR count). The van der Waals surface area contributed by atoms with Crippen molar-refractivity contribution in [2.45, 2.75) is 6.18 Å². The molecule has 1 amide bonds. The SMILES string of the molecule is NC(=O)c1ccc(NCC(/C(N)=N/O)C(F)(F)F)cc1. The van der Waals surface area contributed by atoms with Crippen LogP contribution in [0.3, 0.4) is 0 Å². The van der Waals surface area contributed by atoms with Crippen LogP contribution >= 0.6 is 0 Å². The number of hydrogen-bond donors (Lipinski definition) is 4. The van der Waals surface area contributed by atoms with Crippen molar-refractivity contribution < 1.29 is 23.2 Å². The topological polar surface area (TPSA) is 114 Å². The van der Waals surface area contributed by atoms with E-state index in [1.807, 2.05) is 0 Å². The van der Waals surface area contributed by atoms with Gasteiger partial charge in [0.25, 0.3) is 0 Å². The van der Waals surface area contributed by atoms with Gasteiger partial charge in [0.2, 0.25) is 5.91 Å². The Morgan fingerprint density at radius 2 is 1.85 bits per heavy atom. The Bertz CT molecular complexity index is 499. The molecular formula is C11H13F3N4O2. The summed E-state index contributed by atoms with van der Waals surface area (Å²) in [7, 11) is 0. The number of carbonyl (C=O) groups is 1. The normalized spacial score (nSPS) is 13.8. The van der Waals surface area contributed by atoms with Crippen LogP contribution in [0.25, 0.3) is 0 Å². The van der Waals surface area contributed by atoms with E-state index in [0.29, 0.717) is 5.69 Å². The first-order chi connectivity index (χ1) is 9.25. The number of anilines is 1. The lowest BCUT2D eigenvalue weighted by atomic mass is 10.1. The van der Waals surface area contributed by atoms with Crippen LogP contribution < -0.4 is 16.8 Å². The fraction of sp³-hybridized carbons (Fsp3) is 0.273. The van der Waals surface area contributed by atoms with E-state index >= 15 is 0 Å². The molecule has 0 saturated carbocycles. The zero-order valence-corrected chi connectivity index (χ0v) is 10.2. The number of amidine groups is 1. The first kappa shape index (κ1) is 15.6. The molecule has 110 valence electrons. The molecule has 0 radical (unpaired) electrons. The van der Waals surface area contributed by atoms with Gasteiger partial charge in [0.1, 0.15) is 5.92 Å². The highest BCUT2D eigenvalue weighted by atomic mass is 19.4. The molecule has 0 aliphatic carbocycles. The highest BCUT2D eigenvalue weighted by Crippen LogP contribution is 2.26. The van der Waals surface area contributed by atoms with Crippen molar-refractivity contribution in [3.05, 3.63) is 29.8 Å². The molecule has 0 fully saturated rings. The molecule has 1 atom stereocenters. The Balaban J connectivity index is 2.75. The van der Waals surface area contributed by atoms with Crippen LogP contribution in [0, 0.1) is 5.92 Å². The lowest BCUT2D eigenvalue weighted by Crippen LogP contribution is -2.40. The summed E-state index contributed by atoms with van der Waals surface area (Å²) < 4.78 is 38.0. The quantitative estimate of drug-likeness (QED) is 0.281. The Morgan fingerprint density at radius 3 is 2.25 bits per heavy atom. The van der Waals surface area contributed by atoms with Crippen molar-refractivity contribution in [1.82, 2.24) is 0 Å². The summed E-state index contributed by atoms with van der Waals surface area (Å²) in [6.45, 7) is -0.602. The molecule has 0 spiro atoms. The summed E-state index contributed by atoms with van der Waals surface area (Å²) in [6, 6.07) is 5.55. The number of carbonyl (C=O) groups excluding carboxylic acids is 1. The highest BCUT2D eigenvalue weighted by molar-refractivity contribution is 5.93. The van der Waals surface area contributed by atoms with Crippen molar-refractivity contribution in [2.24, 2.45) is 22.5 Å². The summed E-state index contributed by atoms with van der Waals surface area (Å²) in [4.78, 5) is 10.8. The van der Waals surface area contributed by atoms with Gasteiger partial charge in [-0.1, -0.05) is 5.16 Å². The van der Waals surface area contributed by atoms with E-state index in [2.05, 4.69) is 10.5 Å². The molecule has 1 unspecified atom stereocenters. The minimum Gasteiger partial charge on any atom is -0.409 e. The average molecular weight is 290 g/mol. The Morgan fingerprint density at radius 1 is 1.30 bits per heavy atom. The van der Waals surface area contributed by atoms with Crippen molar-refractivity contribution in [3.8, 4) is 0 Å². The van der Waals surface area contributed by atoms with Gasteiger partial charge in [0, 0.05) is 17.8 Å². The van der Waals surface area contributed by atoms with Gasteiger partial charge >= 0.3 is 6.18 Å². The van der Waals surface area contributed by atoms with E-state index in [1.165, 1.54) is 24.3 Å². The molecule has 0 aliphatic rings. The number of rotatable bonds is 5. The predicted octanol–water partition coefficient (Wildman–Crippen LogP) is 1.12. The second-order valence-corrected chi connectivity index (χ2v) is 3.94. The van der Waals surface area contributed by atoms with Gasteiger partial charge in [-0.15, -0.1) is 0 Å². The van der Waals surface area contributed by atoms with E-state index in [9.17, 15) is 18.0 Å². The summed E-state index contributed by atoms with van der Waals surface area (Å²) in [5.41, 5.74) is 10.6. The smallest absolute Gasteiger partial charge is 0.400 e. The number of alkyl halides is 3. The summed E-state index contributed by atoms with van der Waals surface area (Å²) in [5, 5.41) is 13.2. The van der Waals surface area contributed by atoms with Gasteiger partial charge in [-0.25, -0.2) is 0 Å². The number of primary amides is 1. The standard InChI is InChI=1S/C11H13F3N4O2/c12-11(13,14)8(9(15)18-20)5-17-7-3-1-6(2-4-7)10(16)19/h1-4,8,17,20H,5H2,(H2,15,18)(H2,16,19). The van der Waals surface area contributed by atoms with Crippen LogP contribution in [-0.2, 0) is 0 Å². The minimum atomic E-state index is -4.64. The van der Waals surface area contributed by atoms with Crippen LogP contribution in [0.1, 0.15) is 10.4 Å². The average Bonchev–Trinajstić information content (AvgIpc) is 2.37. The van der Waals surface area contributed by atoms with Crippen LogP contribution in [0.15, 0.2) is 29.4 Å². The van der Waals surface area contributed by atoms with Crippen LogP contribution in [0.2, 0.25) is 0 Å². The second kappa shape index (κ2) is 6.13. The number of amides is 1. The Hall–Kier alpha value is -2.45. The van der Waals surface area contributed by atoms with Gasteiger partial charge in [0.15, 0.2) is 5.84 Å². The molecule has 0 aliphatic heterocycles. The molecule has 0 heterocycles. The maximum absolute atomic E-state index is 12.7. The number of nitrogens with zero attached hydrogens (tertiary/aromatic N) is 1. The molecule has 6 nitrogen and oxygen atoms in total. The van der Waals surface area contributed by atoms with E-state index in [-0.39, 0.29) is 5.56 Å². The van der Waals surface area contributed by atoms with E-state index in [0.717, 1.165) is 0 Å². The number of nitrogens with two attached hydrogens (primary N) is 2. The molecule has 0 saturated heterocycles. The third kappa shape index (κ3) is 4.04. The van der Waals surface area contributed by atoms with Gasteiger partial charge in [-0.2, -0.15) is 13.2 Å². The zero-order chi connectivity index (χ0) is 15.3. The molecule has 9 heteroatoms. The monoisotopic (exact) mass is 290 g/mol. The second-order valence-electron chi connectivity index (χ2n) is 3.94. The van der Waals surface area contributed by atoms with Gasteiger partial charge in [0.05, 0.1) is 0 Å². The first-order valence-corrected chi connectivity index (χ1v) is 5.43.